The van der Waals surface area contributed by atoms with Gasteiger partial charge in [-0.05, 0) is 47.9 Å². The fourth-order valence-electron chi connectivity index (χ4n) is 2.40. The summed E-state index contributed by atoms with van der Waals surface area (Å²) >= 11 is 5.68. The van der Waals surface area contributed by atoms with Crippen molar-refractivity contribution in [2.45, 2.75) is 33.7 Å². The first-order chi connectivity index (χ1) is 9.26. The van der Waals surface area contributed by atoms with Crippen LogP contribution in [-0.4, -0.2) is 11.5 Å². The number of rotatable bonds is 3. The molecule has 4 heteroatoms. The Kier molecular flexibility index (Phi) is 4.10. The van der Waals surface area contributed by atoms with Crippen LogP contribution in [0.3, 0.4) is 0 Å². The third-order valence-electron chi connectivity index (χ3n) is 3.32. The van der Waals surface area contributed by atoms with Crippen molar-refractivity contribution < 1.29 is 0 Å². The van der Waals surface area contributed by atoms with Crippen LogP contribution in [0, 0.1) is 0 Å². The summed E-state index contributed by atoms with van der Waals surface area (Å²) in [5.74, 6) is 0. The van der Waals surface area contributed by atoms with Crippen LogP contribution in [0.25, 0.3) is 0 Å². The molecule has 0 fully saturated rings. The van der Waals surface area contributed by atoms with Crippen LogP contribution in [0.15, 0.2) is 44.8 Å². The number of thioether (sulfide) groups is 2. The van der Waals surface area contributed by atoms with Crippen molar-refractivity contribution in [2.75, 3.05) is 11.6 Å². The van der Waals surface area contributed by atoms with Gasteiger partial charge in [0.1, 0.15) is 0 Å². The molecule has 0 amide bonds. The van der Waals surface area contributed by atoms with Crippen molar-refractivity contribution in [3.63, 3.8) is 0 Å². The molecule has 2 atom stereocenters. The maximum atomic E-state index is 3.71. The first-order valence-corrected chi connectivity index (χ1v) is 9.39. The third kappa shape index (κ3) is 2.96. The first kappa shape index (κ1) is 13.4. The summed E-state index contributed by atoms with van der Waals surface area (Å²) in [6, 6.07) is 11.4. The van der Waals surface area contributed by atoms with E-state index in [-0.39, 0.29) is 0 Å². The molecule has 1 aromatic carbocycles. The molecular weight excluding hydrogens is 290 g/mol. The topological polar surface area (TPSA) is 12.0 Å². The van der Waals surface area contributed by atoms with E-state index in [1.54, 1.807) is 11.8 Å². The van der Waals surface area contributed by atoms with Crippen molar-refractivity contribution in [2.24, 2.45) is 0 Å². The van der Waals surface area contributed by atoms with Crippen molar-refractivity contribution in [1.29, 1.82) is 0 Å². The predicted molar refractivity (Wildman–Crippen MR) is 88.8 cm³/mol. The molecule has 0 saturated carbocycles. The van der Waals surface area contributed by atoms with Gasteiger partial charge in [-0.25, -0.2) is 0 Å². The van der Waals surface area contributed by atoms with E-state index in [9.17, 15) is 0 Å². The van der Waals surface area contributed by atoms with Crippen molar-refractivity contribution >= 4 is 40.5 Å². The van der Waals surface area contributed by atoms with E-state index in [2.05, 4.69) is 54.2 Å². The fourth-order valence-corrected chi connectivity index (χ4v) is 5.43. The van der Waals surface area contributed by atoms with E-state index in [0.717, 1.165) is 0 Å². The van der Waals surface area contributed by atoms with Crippen LogP contribution in [0.4, 0.5) is 5.69 Å². The van der Waals surface area contributed by atoms with Crippen LogP contribution in [0.1, 0.15) is 24.9 Å². The summed E-state index contributed by atoms with van der Waals surface area (Å²) in [7, 11) is 0. The lowest BCUT2D eigenvalue weighted by atomic mass is 10.0. The third-order valence-corrected chi connectivity index (χ3v) is 6.39. The van der Waals surface area contributed by atoms with Gasteiger partial charge in [-0.15, -0.1) is 34.9 Å². The molecule has 0 spiro atoms. The average Bonchev–Trinajstić information content (AvgIpc) is 2.87. The summed E-state index contributed by atoms with van der Waals surface area (Å²) in [5.41, 5.74) is 2.70. The molecule has 0 aliphatic carbocycles. The number of nitrogens with one attached hydrogen (secondary N) is 1. The molecule has 1 aliphatic heterocycles. The molecule has 1 unspecified atom stereocenters. The lowest BCUT2D eigenvalue weighted by Gasteiger charge is -2.28. The van der Waals surface area contributed by atoms with Crippen LogP contribution in [-0.2, 0) is 0 Å². The van der Waals surface area contributed by atoms with Crippen molar-refractivity contribution in [3.05, 3.63) is 41.3 Å². The van der Waals surface area contributed by atoms with Crippen molar-refractivity contribution in [1.82, 2.24) is 0 Å². The summed E-state index contributed by atoms with van der Waals surface area (Å²) in [4.78, 5) is 1.31. The predicted octanol–water partition coefficient (Wildman–Crippen LogP) is 5.51. The minimum atomic E-state index is 0.453. The van der Waals surface area contributed by atoms with Crippen molar-refractivity contribution in [3.8, 4) is 0 Å². The van der Waals surface area contributed by atoms with Gasteiger partial charge in [0.2, 0.25) is 0 Å². The molecular formula is C15H17NS3. The van der Waals surface area contributed by atoms with Gasteiger partial charge < -0.3 is 5.32 Å². The van der Waals surface area contributed by atoms with Gasteiger partial charge >= 0.3 is 0 Å². The van der Waals surface area contributed by atoms with Crippen LogP contribution >= 0.6 is 34.9 Å². The number of anilines is 1. The lowest BCUT2D eigenvalue weighted by molar-refractivity contribution is 0.670. The molecule has 0 radical (unpaired) electrons. The van der Waals surface area contributed by atoms with Crippen LogP contribution in [0.2, 0.25) is 0 Å². The van der Waals surface area contributed by atoms with E-state index in [4.69, 9.17) is 0 Å². The van der Waals surface area contributed by atoms with Gasteiger partial charge in [-0.3, -0.25) is 0 Å². The Morgan fingerprint density at radius 1 is 1.32 bits per heavy atom. The molecule has 2 heterocycles. The van der Waals surface area contributed by atoms with Gasteiger partial charge in [-0.1, -0.05) is 13.0 Å². The number of thiophene rings is 1. The quantitative estimate of drug-likeness (QED) is 0.751. The smallest absolute Gasteiger partial charge is 0.0653 e. The standard InChI is InChI=1S/C15H17NS3/c1-10-8-14(13-6-7-18-15(13)19-10)16-11-4-3-5-12(9-11)17-2/h3-7,9-10,14,16H,8H2,1-2H3/t10-,14?/m0/s1. The second-order valence-corrected chi connectivity index (χ2v) is 8.26. The minimum absolute atomic E-state index is 0.453. The summed E-state index contributed by atoms with van der Waals surface area (Å²) < 4.78 is 1.48. The highest BCUT2D eigenvalue weighted by molar-refractivity contribution is 8.01. The summed E-state index contributed by atoms with van der Waals surface area (Å²) in [5, 5.41) is 6.61. The second-order valence-electron chi connectivity index (χ2n) is 4.76. The minimum Gasteiger partial charge on any atom is -0.378 e. The SMILES string of the molecule is CSc1cccc(NC2C[C@H](C)Sc3sccc32)c1. The second kappa shape index (κ2) is 5.81. The largest absolute Gasteiger partial charge is 0.378 e. The van der Waals surface area contributed by atoms with Gasteiger partial charge in [0.25, 0.3) is 0 Å². The molecule has 19 heavy (non-hydrogen) atoms. The Morgan fingerprint density at radius 3 is 3.05 bits per heavy atom. The van der Waals surface area contributed by atoms with E-state index in [1.807, 2.05) is 23.1 Å². The Morgan fingerprint density at radius 2 is 2.21 bits per heavy atom. The fraction of sp³-hybridized carbons (Fsp3) is 0.333. The van der Waals surface area contributed by atoms with Gasteiger partial charge in [0.15, 0.2) is 0 Å². The lowest BCUT2D eigenvalue weighted by Crippen LogP contribution is -2.18. The van der Waals surface area contributed by atoms with Crippen LogP contribution in [0.5, 0.6) is 0 Å². The molecule has 0 bridgehead atoms. The molecule has 100 valence electrons. The Labute approximate surface area is 127 Å². The number of fused-ring (bicyclic) bond motifs is 1. The maximum absolute atomic E-state index is 3.71. The zero-order chi connectivity index (χ0) is 13.2. The zero-order valence-corrected chi connectivity index (χ0v) is 13.5. The van der Waals surface area contributed by atoms with Gasteiger partial charge in [0.05, 0.1) is 10.3 Å². The molecule has 1 N–H and O–H groups in total. The number of hydrogen-bond acceptors (Lipinski definition) is 4. The molecule has 1 nitrogen and oxygen atoms in total. The average molecular weight is 308 g/mol. The van der Waals surface area contributed by atoms with E-state index in [0.29, 0.717) is 11.3 Å². The molecule has 0 saturated heterocycles. The van der Waals surface area contributed by atoms with Gasteiger partial charge in [-0.2, -0.15) is 0 Å². The highest BCUT2D eigenvalue weighted by Crippen LogP contribution is 2.45. The van der Waals surface area contributed by atoms with Crippen LogP contribution < -0.4 is 5.32 Å². The first-order valence-electron chi connectivity index (χ1n) is 6.41. The zero-order valence-electron chi connectivity index (χ0n) is 11.1. The number of benzene rings is 1. The maximum Gasteiger partial charge on any atom is 0.0653 e. The highest BCUT2D eigenvalue weighted by atomic mass is 32.2. The monoisotopic (exact) mass is 307 g/mol. The molecule has 1 aliphatic rings. The molecule has 2 aromatic rings. The van der Waals surface area contributed by atoms with E-state index in [1.165, 1.54) is 26.8 Å². The Bertz CT molecular complexity index is 564. The van der Waals surface area contributed by atoms with Gasteiger partial charge in [0, 0.05) is 15.8 Å². The van der Waals surface area contributed by atoms with E-state index < -0.39 is 0 Å². The summed E-state index contributed by atoms with van der Waals surface area (Å²) in [6.07, 6.45) is 3.31. The van der Waals surface area contributed by atoms with E-state index >= 15 is 0 Å². The normalized spacial score (nSPS) is 22.0. The Hall–Kier alpha value is -0.580. The number of hydrogen-bond donors (Lipinski definition) is 1. The molecule has 1 aromatic heterocycles. The Balaban J connectivity index is 1.83. The summed E-state index contributed by atoms with van der Waals surface area (Å²) in [6.45, 7) is 2.32. The molecule has 3 rings (SSSR count). The highest BCUT2D eigenvalue weighted by Gasteiger charge is 2.26.